The molecule has 0 saturated heterocycles. The minimum atomic E-state index is -0.392. The van der Waals surface area contributed by atoms with Crippen molar-refractivity contribution in [3.8, 4) is 0 Å². The number of carbonyl (C=O) groups is 2. The molecule has 3 rings (SSSR count). The van der Waals surface area contributed by atoms with E-state index in [9.17, 15) is 9.59 Å². The molecule has 5 heteroatoms. The topological polar surface area (TPSA) is 71.3 Å². The van der Waals surface area contributed by atoms with Gasteiger partial charge in [0, 0.05) is 0 Å². The van der Waals surface area contributed by atoms with Crippen molar-refractivity contribution in [2.45, 2.75) is 38.6 Å². The smallest absolute Gasteiger partial charge is 0.287 e. The van der Waals surface area contributed by atoms with Gasteiger partial charge in [-0.2, -0.15) is 0 Å². The highest BCUT2D eigenvalue weighted by Crippen LogP contribution is 2.24. The van der Waals surface area contributed by atoms with Crippen LogP contribution in [-0.2, 0) is 17.6 Å². The van der Waals surface area contributed by atoms with Gasteiger partial charge in [-0.05, 0) is 61.4 Å². The van der Waals surface area contributed by atoms with Crippen molar-refractivity contribution in [2.75, 3.05) is 6.54 Å². The van der Waals surface area contributed by atoms with Crippen LogP contribution in [0.5, 0.6) is 0 Å². The van der Waals surface area contributed by atoms with Crippen LogP contribution < -0.4 is 10.6 Å². The first kappa shape index (κ1) is 16.3. The largest absolute Gasteiger partial charge is 0.459 e. The lowest BCUT2D eigenvalue weighted by Gasteiger charge is -2.20. The average Bonchev–Trinajstić information content (AvgIpc) is 3.14. The highest BCUT2D eigenvalue weighted by atomic mass is 16.3. The highest BCUT2D eigenvalue weighted by molar-refractivity contribution is 5.94. The third kappa shape index (κ3) is 3.85. The van der Waals surface area contributed by atoms with Crippen LogP contribution in [0.15, 0.2) is 41.0 Å². The molecule has 2 aromatic rings. The van der Waals surface area contributed by atoms with Gasteiger partial charge in [-0.15, -0.1) is 0 Å². The van der Waals surface area contributed by atoms with Gasteiger partial charge in [0.15, 0.2) is 5.76 Å². The summed E-state index contributed by atoms with van der Waals surface area (Å²) in [6.45, 7) is 1.88. The van der Waals surface area contributed by atoms with E-state index in [-0.39, 0.29) is 24.3 Å². The van der Waals surface area contributed by atoms with Crippen LogP contribution in [0.2, 0.25) is 0 Å². The summed E-state index contributed by atoms with van der Waals surface area (Å²) in [5, 5.41) is 5.47. The van der Waals surface area contributed by atoms with Gasteiger partial charge in [-0.25, -0.2) is 0 Å². The van der Waals surface area contributed by atoms with E-state index in [0.717, 1.165) is 18.4 Å². The van der Waals surface area contributed by atoms with Gasteiger partial charge in [0.25, 0.3) is 5.91 Å². The minimum Gasteiger partial charge on any atom is -0.459 e. The maximum absolute atomic E-state index is 12.0. The molecule has 0 radical (unpaired) electrons. The molecular weight excluding hydrogens is 304 g/mol. The molecule has 5 nitrogen and oxygen atoms in total. The molecule has 1 aromatic heterocycles. The number of fused-ring (bicyclic) bond motifs is 1. The number of hydrogen-bond donors (Lipinski definition) is 2. The number of nitrogens with one attached hydrogen (secondary N) is 2. The van der Waals surface area contributed by atoms with Crippen LogP contribution in [0.1, 0.15) is 53.1 Å². The van der Waals surface area contributed by atoms with E-state index >= 15 is 0 Å². The maximum atomic E-state index is 12.0. The van der Waals surface area contributed by atoms with Crippen LogP contribution >= 0.6 is 0 Å². The average molecular weight is 326 g/mol. The van der Waals surface area contributed by atoms with E-state index in [1.165, 1.54) is 30.2 Å². The molecule has 1 atom stereocenters. The molecule has 0 aliphatic heterocycles. The zero-order valence-corrected chi connectivity index (χ0v) is 13.8. The Kier molecular flexibility index (Phi) is 4.99. The zero-order chi connectivity index (χ0) is 16.9. The normalized spacial score (nSPS) is 14.5. The fourth-order valence-corrected chi connectivity index (χ4v) is 3.05. The van der Waals surface area contributed by atoms with Crippen molar-refractivity contribution in [3.63, 3.8) is 0 Å². The molecule has 2 N–H and O–H groups in total. The third-order valence-electron chi connectivity index (χ3n) is 4.40. The number of aryl methyl sites for hydroxylation is 2. The van der Waals surface area contributed by atoms with Crippen molar-refractivity contribution < 1.29 is 14.0 Å². The van der Waals surface area contributed by atoms with E-state index in [4.69, 9.17) is 4.42 Å². The van der Waals surface area contributed by atoms with Crippen LogP contribution in [-0.4, -0.2) is 18.4 Å². The summed E-state index contributed by atoms with van der Waals surface area (Å²) in [6, 6.07) is 9.55. The molecule has 126 valence electrons. The second kappa shape index (κ2) is 7.34. The molecule has 2 amide bonds. The summed E-state index contributed by atoms with van der Waals surface area (Å²) >= 11 is 0. The predicted molar refractivity (Wildman–Crippen MR) is 90.7 cm³/mol. The van der Waals surface area contributed by atoms with Gasteiger partial charge >= 0.3 is 0 Å². The Labute approximate surface area is 141 Å². The van der Waals surface area contributed by atoms with E-state index in [2.05, 4.69) is 28.8 Å². The standard InChI is InChI=1S/C19H22N2O3/c1-13(15-9-8-14-5-2-3-6-16(14)11-15)21-18(22)12-20-19(23)17-7-4-10-24-17/h4,7-11,13H,2-3,5-6,12H2,1H3,(H,20,23)(H,21,22). The molecule has 1 aliphatic rings. The van der Waals surface area contributed by atoms with Crippen LogP contribution in [0.25, 0.3) is 0 Å². The fraction of sp³-hybridized carbons (Fsp3) is 0.368. The van der Waals surface area contributed by atoms with Crippen LogP contribution in [0.4, 0.5) is 0 Å². The quantitative estimate of drug-likeness (QED) is 0.887. The van der Waals surface area contributed by atoms with Crippen molar-refractivity contribution in [3.05, 3.63) is 59.0 Å². The second-order valence-electron chi connectivity index (χ2n) is 6.18. The molecule has 0 saturated carbocycles. The van der Waals surface area contributed by atoms with E-state index in [1.807, 2.05) is 6.92 Å². The van der Waals surface area contributed by atoms with E-state index in [0.29, 0.717) is 0 Å². The summed E-state index contributed by atoms with van der Waals surface area (Å²) in [6.07, 6.45) is 6.18. The lowest BCUT2D eigenvalue weighted by Crippen LogP contribution is -2.37. The first-order chi connectivity index (χ1) is 11.6. The van der Waals surface area contributed by atoms with Gasteiger partial charge in [0.05, 0.1) is 18.8 Å². The molecule has 0 spiro atoms. The molecular formula is C19H22N2O3. The van der Waals surface area contributed by atoms with Crippen LogP contribution in [0, 0.1) is 0 Å². The number of benzene rings is 1. The van der Waals surface area contributed by atoms with Crippen molar-refractivity contribution >= 4 is 11.8 Å². The van der Waals surface area contributed by atoms with Crippen LogP contribution in [0.3, 0.4) is 0 Å². The van der Waals surface area contributed by atoms with Crippen molar-refractivity contribution in [1.29, 1.82) is 0 Å². The first-order valence-electron chi connectivity index (χ1n) is 8.36. The monoisotopic (exact) mass is 326 g/mol. The predicted octanol–water partition coefficient (Wildman–Crippen LogP) is 2.77. The van der Waals surface area contributed by atoms with Crippen molar-refractivity contribution in [1.82, 2.24) is 10.6 Å². The summed E-state index contributed by atoms with van der Waals surface area (Å²) in [7, 11) is 0. The Hall–Kier alpha value is -2.56. The van der Waals surface area contributed by atoms with E-state index in [1.54, 1.807) is 12.1 Å². The Bertz CT molecular complexity index is 722. The van der Waals surface area contributed by atoms with Gasteiger partial charge in [-0.3, -0.25) is 9.59 Å². The Morgan fingerprint density at radius 3 is 2.71 bits per heavy atom. The number of hydrogen-bond acceptors (Lipinski definition) is 3. The minimum absolute atomic E-state index is 0.0746. The van der Waals surface area contributed by atoms with Gasteiger partial charge < -0.3 is 15.1 Å². The number of furan rings is 1. The summed E-state index contributed by atoms with van der Waals surface area (Å²) in [5.74, 6) is -0.415. The Balaban J connectivity index is 1.53. The summed E-state index contributed by atoms with van der Waals surface area (Å²) in [4.78, 5) is 23.8. The SMILES string of the molecule is CC(NC(=O)CNC(=O)c1ccco1)c1ccc2c(c1)CCCC2. The van der Waals surface area contributed by atoms with Gasteiger partial charge in [0.2, 0.25) is 5.91 Å². The number of amides is 2. The molecule has 1 heterocycles. The first-order valence-corrected chi connectivity index (χ1v) is 8.36. The zero-order valence-electron chi connectivity index (χ0n) is 13.8. The molecule has 0 bridgehead atoms. The highest BCUT2D eigenvalue weighted by Gasteiger charge is 2.15. The fourth-order valence-electron chi connectivity index (χ4n) is 3.05. The molecule has 24 heavy (non-hydrogen) atoms. The third-order valence-corrected chi connectivity index (χ3v) is 4.40. The Morgan fingerprint density at radius 2 is 1.96 bits per heavy atom. The molecule has 1 unspecified atom stereocenters. The maximum Gasteiger partial charge on any atom is 0.287 e. The lowest BCUT2D eigenvalue weighted by atomic mass is 9.89. The number of carbonyl (C=O) groups excluding carboxylic acids is 2. The van der Waals surface area contributed by atoms with E-state index < -0.39 is 5.91 Å². The number of rotatable bonds is 5. The van der Waals surface area contributed by atoms with Gasteiger partial charge in [-0.1, -0.05) is 18.2 Å². The molecule has 1 aromatic carbocycles. The second-order valence-corrected chi connectivity index (χ2v) is 6.18. The molecule has 0 fully saturated rings. The Morgan fingerprint density at radius 1 is 1.17 bits per heavy atom. The van der Waals surface area contributed by atoms with Crippen molar-refractivity contribution in [2.24, 2.45) is 0 Å². The molecule has 1 aliphatic carbocycles. The summed E-state index contributed by atoms with van der Waals surface area (Å²) in [5.41, 5.74) is 3.92. The van der Waals surface area contributed by atoms with Gasteiger partial charge in [0.1, 0.15) is 0 Å². The lowest BCUT2D eigenvalue weighted by molar-refractivity contribution is -0.120. The summed E-state index contributed by atoms with van der Waals surface area (Å²) < 4.78 is 4.99.